The first-order chi connectivity index (χ1) is 11.3. The number of thiocarbonyl (C=S) groups is 1. The molecule has 136 valence electrons. The van der Waals surface area contributed by atoms with Crippen molar-refractivity contribution in [2.45, 2.75) is 116 Å². The molecule has 1 nitrogen and oxygen atoms in total. The maximum Gasteiger partial charge on any atom is 0.133 e. The van der Waals surface area contributed by atoms with E-state index < -0.39 is 0 Å². The topological polar surface area (TPSA) is 3.24 Å². The van der Waals surface area contributed by atoms with Gasteiger partial charge in [-0.05, 0) is 19.3 Å². The monoisotopic (exact) mass is 357 g/mol. The largest absolute Gasteiger partial charge is 0.355 e. The van der Waals surface area contributed by atoms with Gasteiger partial charge >= 0.3 is 0 Å². The van der Waals surface area contributed by atoms with Gasteiger partial charge in [-0.3, -0.25) is 0 Å². The summed E-state index contributed by atoms with van der Waals surface area (Å²) in [7, 11) is 0. The zero-order valence-electron chi connectivity index (χ0n) is 15.4. The summed E-state index contributed by atoms with van der Waals surface area (Å²) in [6.45, 7) is 3.42. The summed E-state index contributed by atoms with van der Waals surface area (Å²) >= 11 is 9.83. The van der Waals surface area contributed by atoms with Gasteiger partial charge in [0.2, 0.25) is 0 Å². The highest BCUT2D eigenvalue weighted by atomic mass is 32.1. The van der Waals surface area contributed by atoms with Crippen LogP contribution in [-0.2, 0) is 0 Å². The number of thiol groups is 1. The zero-order chi connectivity index (χ0) is 16.8. The molecule has 1 rings (SSSR count). The van der Waals surface area contributed by atoms with Crippen molar-refractivity contribution in [2.75, 3.05) is 6.54 Å². The van der Waals surface area contributed by atoms with Gasteiger partial charge in [-0.15, -0.1) is 12.6 Å². The van der Waals surface area contributed by atoms with Crippen LogP contribution in [0.1, 0.15) is 110 Å². The first kappa shape index (κ1) is 21.3. The van der Waals surface area contributed by atoms with Gasteiger partial charge in [0, 0.05) is 12.6 Å². The molecule has 0 radical (unpaired) electrons. The highest BCUT2D eigenvalue weighted by Crippen LogP contribution is 2.24. The number of rotatable bonds is 13. The van der Waals surface area contributed by atoms with Crippen molar-refractivity contribution in [1.82, 2.24) is 4.90 Å². The minimum Gasteiger partial charge on any atom is -0.355 e. The molecule has 0 aromatic carbocycles. The Kier molecular flexibility index (Phi) is 13.5. The third-order valence-corrected chi connectivity index (χ3v) is 5.76. The Morgan fingerprint density at radius 2 is 1.30 bits per heavy atom. The molecule has 1 aliphatic carbocycles. The van der Waals surface area contributed by atoms with Crippen molar-refractivity contribution >= 4 is 29.2 Å². The molecule has 1 saturated carbocycles. The van der Waals surface area contributed by atoms with Gasteiger partial charge in [-0.2, -0.15) is 0 Å². The lowest BCUT2D eigenvalue weighted by Crippen LogP contribution is -2.39. The lowest BCUT2D eigenvalue weighted by molar-refractivity contribution is 0.246. The second kappa shape index (κ2) is 14.6. The molecule has 1 fully saturated rings. The zero-order valence-corrected chi connectivity index (χ0v) is 17.1. The summed E-state index contributed by atoms with van der Waals surface area (Å²) in [5.74, 6) is 0. The molecular formula is C20H39NS2. The lowest BCUT2D eigenvalue weighted by atomic mass is 9.94. The molecule has 23 heavy (non-hydrogen) atoms. The van der Waals surface area contributed by atoms with Crippen LogP contribution in [0.15, 0.2) is 0 Å². The normalized spacial score (nSPS) is 15.7. The van der Waals surface area contributed by atoms with Crippen LogP contribution in [0, 0.1) is 0 Å². The van der Waals surface area contributed by atoms with Gasteiger partial charge in [0.15, 0.2) is 0 Å². The van der Waals surface area contributed by atoms with Crippen LogP contribution in [0.4, 0.5) is 0 Å². The summed E-state index contributed by atoms with van der Waals surface area (Å²) in [4.78, 5) is 2.41. The van der Waals surface area contributed by atoms with Crippen LogP contribution in [-0.4, -0.2) is 21.8 Å². The molecule has 0 bridgehead atoms. The van der Waals surface area contributed by atoms with Crippen LogP contribution in [0.3, 0.4) is 0 Å². The molecule has 0 aromatic rings. The van der Waals surface area contributed by atoms with Crippen LogP contribution in [0.5, 0.6) is 0 Å². The summed E-state index contributed by atoms with van der Waals surface area (Å²) in [6.07, 6.45) is 22.2. The van der Waals surface area contributed by atoms with E-state index in [1.54, 1.807) is 0 Å². The van der Waals surface area contributed by atoms with Gasteiger partial charge in [-0.1, -0.05) is 103 Å². The highest BCUT2D eigenvalue weighted by molar-refractivity contribution is 8.10. The summed E-state index contributed by atoms with van der Waals surface area (Å²) in [5.41, 5.74) is 0. The molecule has 0 aliphatic heterocycles. The van der Waals surface area contributed by atoms with E-state index in [0.717, 1.165) is 10.9 Å². The standard InChI is InChI=1S/C20H39NS2/c1-2-3-4-5-6-7-8-9-10-11-15-18-21(20(22)23)19-16-13-12-14-17-19/h19H,2-18H2,1H3,(H,22,23). The molecule has 0 saturated heterocycles. The summed E-state index contributed by atoms with van der Waals surface area (Å²) < 4.78 is 0.823. The molecule has 0 amide bonds. The first-order valence-electron chi connectivity index (χ1n) is 10.2. The molecule has 0 atom stereocenters. The van der Waals surface area contributed by atoms with E-state index in [1.807, 2.05) is 0 Å². The second-order valence-electron chi connectivity index (χ2n) is 7.30. The fraction of sp³-hybridized carbons (Fsp3) is 0.950. The Hall–Kier alpha value is 0.240. The van der Waals surface area contributed by atoms with Crippen LogP contribution in [0.25, 0.3) is 0 Å². The number of hydrogen-bond acceptors (Lipinski definition) is 1. The third kappa shape index (κ3) is 10.7. The van der Waals surface area contributed by atoms with E-state index in [1.165, 1.54) is 103 Å². The maximum atomic E-state index is 5.37. The predicted octanol–water partition coefficient (Wildman–Crippen LogP) is 7.15. The van der Waals surface area contributed by atoms with Crippen LogP contribution >= 0.6 is 24.8 Å². The van der Waals surface area contributed by atoms with Crippen LogP contribution < -0.4 is 0 Å². The van der Waals surface area contributed by atoms with E-state index in [0.29, 0.717) is 6.04 Å². The highest BCUT2D eigenvalue weighted by Gasteiger charge is 2.21. The Bertz CT molecular complexity index is 287. The summed E-state index contributed by atoms with van der Waals surface area (Å²) in [5, 5.41) is 0. The second-order valence-corrected chi connectivity index (χ2v) is 8.42. The van der Waals surface area contributed by atoms with Gasteiger partial charge in [0.25, 0.3) is 0 Å². The molecule has 0 spiro atoms. The molecule has 0 unspecified atom stereocenters. The van der Waals surface area contributed by atoms with E-state index in [2.05, 4.69) is 24.5 Å². The Labute approximate surface area is 156 Å². The van der Waals surface area contributed by atoms with E-state index in [-0.39, 0.29) is 0 Å². The van der Waals surface area contributed by atoms with E-state index in [4.69, 9.17) is 12.2 Å². The minimum absolute atomic E-state index is 0.678. The summed E-state index contributed by atoms with van der Waals surface area (Å²) in [6, 6.07) is 0.678. The van der Waals surface area contributed by atoms with Crippen LogP contribution in [0.2, 0.25) is 0 Å². The minimum atomic E-state index is 0.678. The molecule has 0 heterocycles. The number of hydrogen-bond donors (Lipinski definition) is 1. The van der Waals surface area contributed by atoms with Crippen molar-refractivity contribution in [2.24, 2.45) is 0 Å². The number of nitrogens with zero attached hydrogens (tertiary/aromatic N) is 1. The Morgan fingerprint density at radius 3 is 1.78 bits per heavy atom. The van der Waals surface area contributed by atoms with Gasteiger partial charge < -0.3 is 4.90 Å². The molecule has 1 aliphatic rings. The first-order valence-corrected chi connectivity index (χ1v) is 11.1. The lowest BCUT2D eigenvalue weighted by Gasteiger charge is -2.35. The SMILES string of the molecule is CCCCCCCCCCCCCN(C(=S)S)C1CCCCC1. The smallest absolute Gasteiger partial charge is 0.133 e. The van der Waals surface area contributed by atoms with Crippen molar-refractivity contribution in [1.29, 1.82) is 0 Å². The molecular weight excluding hydrogens is 318 g/mol. The fourth-order valence-electron chi connectivity index (χ4n) is 3.77. The van der Waals surface area contributed by atoms with E-state index in [9.17, 15) is 0 Å². The average molecular weight is 358 g/mol. The van der Waals surface area contributed by atoms with Crippen molar-refractivity contribution in [3.05, 3.63) is 0 Å². The number of unbranched alkanes of at least 4 members (excludes halogenated alkanes) is 10. The molecule has 3 heteroatoms. The van der Waals surface area contributed by atoms with Gasteiger partial charge in [-0.25, -0.2) is 0 Å². The molecule has 0 N–H and O–H groups in total. The molecule has 0 aromatic heterocycles. The van der Waals surface area contributed by atoms with Gasteiger partial charge in [0.05, 0.1) is 0 Å². The van der Waals surface area contributed by atoms with Crippen molar-refractivity contribution in [3.63, 3.8) is 0 Å². The Morgan fingerprint density at radius 1 is 0.826 bits per heavy atom. The Balaban J connectivity index is 1.96. The van der Waals surface area contributed by atoms with Crippen molar-refractivity contribution < 1.29 is 0 Å². The average Bonchev–Trinajstić information content (AvgIpc) is 2.56. The van der Waals surface area contributed by atoms with Crippen molar-refractivity contribution in [3.8, 4) is 0 Å². The fourth-order valence-corrected chi connectivity index (χ4v) is 4.28. The quantitative estimate of drug-likeness (QED) is 0.212. The van der Waals surface area contributed by atoms with E-state index >= 15 is 0 Å². The van der Waals surface area contributed by atoms with Gasteiger partial charge in [0.1, 0.15) is 4.32 Å². The predicted molar refractivity (Wildman–Crippen MR) is 112 cm³/mol. The maximum absolute atomic E-state index is 5.37. The third-order valence-electron chi connectivity index (χ3n) is 5.26.